The normalized spacial score (nSPS) is 15.6. The number of hydrogen-bond donors (Lipinski definition) is 0. The Morgan fingerprint density at radius 2 is 1.83 bits per heavy atom. The van der Waals surface area contributed by atoms with Crippen molar-refractivity contribution in [2.75, 3.05) is 37.9 Å². The summed E-state index contributed by atoms with van der Waals surface area (Å²) in [5, 5.41) is 12.7. The van der Waals surface area contributed by atoms with E-state index in [9.17, 15) is 4.79 Å². The van der Waals surface area contributed by atoms with E-state index in [2.05, 4.69) is 24.7 Å². The highest BCUT2D eigenvalue weighted by molar-refractivity contribution is 7.07. The number of carbonyl (C=O) groups is 1. The van der Waals surface area contributed by atoms with Gasteiger partial charge in [-0.25, -0.2) is 0 Å². The third-order valence-electron chi connectivity index (χ3n) is 5.06. The highest BCUT2D eigenvalue weighted by Gasteiger charge is 2.25. The second-order valence-electron chi connectivity index (χ2n) is 6.81. The number of piperazine rings is 1. The molecule has 9 nitrogen and oxygen atoms in total. The van der Waals surface area contributed by atoms with E-state index in [0.29, 0.717) is 36.8 Å². The molecule has 0 radical (unpaired) electrons. The van der Waals surface area contributed by atoms with Gasteiger partial charge in [0, 0.05) is 31.7 Å². The first-order valence-corrected chi connectivity index (χ1v) is 10.0. The van der Waals surface area contributed by atoms with Gasteiger partial charge in [-0.15, -0.1) is 15.3 Å². The Balaban J connectivity index is 1.25. The van der Waals surface area contributed by atoms with Gasteiger partial charge in [-0.1, -0.05) is 4.49 Å². The lowest BCUT2D eigenvalue weighted by molar-refractivity contribution is 0.0750. The summed E-state index contributed by atoms with van der Waals surface area (Å²) >= 11 is 1.15. The molecular formula is C19H18N6O3S. The van der Waals surface area contributed by atoms with Crippen LogP contribution in [0.3, 0.4) is 0 Å². The lowest BCUT2D eigenvalue weighted by Gasteiger charge is -2.34. The van der Waals surface area contributed by atoms with E-state index in [-0.39, 0.29) is 12.7 Å². The Hall–Kier alpha value is -3.27. The van der Waals surface area contributed by atoms with Gasteiger partial charge in [0.05, 0.1) is 11.4 Å². The number of amides is 1. The molecule has 1 saturated heterocycles. The molecule has 1 fully saturated rings. The Bertz CT molecular complexity index is 1050. The minimum atomic E-state index is 0.00129. The fraction of sp³-hybridized carbons (Fsp3) is 0.316. The van der Waals surface area contributed by atoms with Gasteiger partial charge in [0.25, 0.3) is 5.91 Å². The Labute approximate surface area is 171 Å². The predicted molar refractivity (Wildman–Crippen MR) is 106 cm³/mol. The van der Waals surface area contributed by atoms with Crippen LogP contribution in [0.2, 0.25) is 0 Å². The first-order valence-electron chi connectivity index (χ1n) is 9.26. The first kappa shape index (κ1) is 17.8. The van der Waals surface area contributed by atoms with Crippen molar-refractivity contribution in [3.8, 4) is 22.8 Å². The van der Waals surface area contributed by atoms with Crippen LogP contribution in [0.4, 0.5) is 5.82 Å². The SMILES string of the molecule is Cc1nnsc1C(=O)N1CCN(c2ccc(-c3ccc4c(c3)OCO4)nn2)CC1. The summed E-state index contributed by atoms with van der Waals surface area (Å²) < 4.78 is 14.6. The average Bonchev–Trinajstić information content (AvgIpc) is 3.41. The van der Waals surface area contributed by atoms with Gasteiger partial charge in [0.2, 0.25) is 6.79 Å². The summed E-state index contributed by atoms with van der Waals surface area (Å²) in [6, 6.07) is 9.64. The topological polar surface area (TPSA) is 93.6 Å². The molecule has 29 heavy (non-hydrogen) atoms. The van der Waals surface area contributed by atoms with E-state index < -0.39 is 0 Å². The number of carbonyl (C=O) groups excluding carboxylic acids is 1. The Morgan fingerprint density at radius 3 is 2.55 bits per heavy atom. The van der Waals surface area contributed by atoms with Crippen molar-refractivity contribution < 1.29 is 14.3 Å². The molecule has 0 atom stereocenters. The zero-order valence-electron chi connectivity index (χ0n) is 15.7. The van der Waals surface area contributed by atoms with E-state index in [1.54, 1.807) is 0 Å². The summed E-state index contributed by atoms with van der Waals surface area (Å²) in [4.78, 5) is 17.2. The van der Waals surface area contributed by atoms with Crippen molar-refractivity contribution in [1.29, 1.82) is 0 Å². The van der Waals surface area contributed by atoms with Gasteiger partial charge >= 0.3 is 0 Å². The first-order chi connectivity index (χ1) is 14.2. The fourth-order valence-electron chi connectivity index (χ4n) is 3.41. The van der Waals surface area contributed by atoms with Crippen LogP contribution >= 0.6 is 11.5 Å². The summed E-state index contributed by atoms with van der Waals surface area (Å²) in [5.41, 5.74) is 2.39. The molecule has 0 spiro atoms. The molecule has 1 aromatic carbocycles. The maximum absolute atomic E-state index is 12.6. The number of aromatic nitrogens is 4. The Kier molecular flexibility index (Phi) is 4.47. The number of fused-ring (bicyclic) bond motifs is 1. The van der Waals surface area contributed by atoms with Crippen LogP contribution in [-0.4, -0.2) is 63.6 Å². The highest BCUT2D eigenvalue weighted by atomic mass is 32.1. The van der Waals surface area contributed by atoms with Crippen LogP contribution in [0.1, 0.15) is 15.4 Å². The lowest BCUT2D eigenvalue weighted by Crippen LogP contribution is -2.49. The van der Waals surface area contributed by atoms with E-state index in [1.165, 1.54) is 0 Å². The van der Waals surface area contributed by atoms with Gasteiger partial charge in [-0.3, -0.25) is 4.79 Å². The second-order valence-corrected chi connectivity index (χ2v) is 7.57. The minimum absolute atomic E-state index is 0.00129. The van der Waals surface area contributed by atoms with Gasteiger partial charge in [0.15, 0.2) is 17.3 Å². The second kappa shape index (κ2) is 7.28. The van der Waals surface area contributed by atoms with Gasteiger partial charge < -0.3 is 19.3 Å². The summed E-state index contributed by atoms with van der Waals surface area (Å²) in [5.74, 6) is 2.27. The van der Waals surface area contributed by atoms with E-state index in [4.69, 9.17) is 9.47 Å². The zero-order valence-corrected chi connectivity index (χ0v) is 16.6. The van der Waals surface area contributed by atoms with Crippen molar-refractivity contribution in [3.05, 3.63) is 40.9 Å². The molecule has 2 aliphatic rings. The maximum atomic E-state index is 12.6. The molecule has 1 amide bonds. The highest BCUT2D eigenvalue weighted by Crippen LogP contribution is 2.35. The molecule has 2 aliphatic heterocycles. The third-order valence-corrected chi connectivity index (χ3v) is 5.87. The molecule has 148 valence electrons. The number of anilines is 1. The molecule has 0 saturated carbocycles. The summed E-state index contributed by atoms with van der Waals surface area (Å²) in [6.07, 6.45) is 0. The van der Waals surface area contributed by atoms with Crippen molar-refractivity contribution in [2.24, 2.45) is 0 Å². The monoisotopic (exact) mass is 410 g/mol. The fourth-order valence-corrected chi connectivity index (χ4v) is 4.04. The molecule has 0 N–H and O–H groups in total. The largest absolute Gasteiger partial charge is 0.454 e. The van der Waals surface area contributed by atoms with E-state index in [1.807, 2.05) is 42.2 Å². The third kappa shape index (κ3) is 3.35. The summed E-state index contributed by atoms with van der Waals surface area (Å²) in [7, 11) is 0. The van der Waals surface area contributed by atoms with Crippen molar-refractivity contribution >= 4 is 23.3 Å². The molecular weight excluding hydrogens is 392 g/mol. The van der Waals surface area contributed by atoms with Gasteiger partial charge in [-0.2, -0.15) is 0 Å². The molecule has 3 aromatic rings. The zero-order chi connectivity index (χ0) is 19.8. The smallest absolute Gasteiger partial charge is 0.267 e. The van der Waals surface area contributed by atoms with Crippen LogP contribution in [0.5, 0.6) is 11.5 Å². The number of ether oxygens (including phenoxy) is 2. The van der Waals surface area contributed by atoms with Crippen LogP contribution in [0, 0.1) is 6.92 Å². The predicted octanol–water partition coefficient (Wildman–Crippen LogP) is 1.99. The van der Waals surface area contributed by atoms with Crippen molar-refractivity contribution in [3.63, 3.8) is 0 Å². The van der Waals surface area contributed by atoms with Gasteiger partial charge in [-0.05, 0) is 48.8 Å². The lowest BCUT2D eigenvalue weighted by atomic mass is 10.1. The van der Waals surface area contributed by atoms with Crippen LogP contribution in [0.25, 0.3) is 11.3 Å². The number of hydrogen-bond acceptors (Lipinski definition) is 9. The van der Waals surface area contributed by atoms with Crippen LogP contribution in [-0.2, 0) is 0 Å². The molecule has 0 aliphatic carbocycles. The number of aryl methyl sites for hydroxylation is 1. The molecule has 10 heteroatoms. The molecule has 5 rings (SSSR count). The minimum Gasteiger partial charge on any atom is -0.454 e. The molecule has 4 heterocycles. The number of benzene rings is 1. The van der Waals surface area contributed by atoms with E-state index in [0.717, 1.165) is 40.1 Å². The Morgan fingerprint density at radius 1 is 1.00 bits per heavy atom. The van der Waals surface area contributed by atoms with Crippen LogP contribution in [0.15, 0.2) is 30.3 Å². The van der Waals surface area contributed by atoms with E-state index >= 15 is 0 Å². The number of rotatable bonds is 3. The molecule has 2 aromatic heterocycles. The maximum Gasteiger partial charge on any atom is 0.267 e. The molecule has 0 unspecified atom stereocenters. The average molecular weight is 410 g/mol. The standard InChI is InChI=1S/C19H18N6O3S/c1-12-18(29-23-20-12)19(26)25-8-6-24(7-9-25)17-5-3-14(21-22-17)13-2-4-15-16(10-13)28-11-27-15/h2-5,10H,6-9,11H2,1H3. The van der Waals surface area contributed by atoms with Gasteiger partial charge in [0.1, 0.15) is 4.88 Å². The quantitative estimate of drug-likeness (QED) is 0.647. The summed E-state index contributed by atoms with van der Waals surface area (Å²) in [6.45, 7) is 4.72. The van der Waals surface area contributed by atoms with Crippen molar-refractivity contribution in [1.82, 2.24) is 24.7 Å². The van der Waals surface area contributed by atoms with Crippen molar-refractivity contribution in [2.45, 2.75) is 6.92 Å². The van der Waals surface area contributed by atoms with Crippen LogP contribution < -0.4 is 14.4 Å². The molecule has 0 bridgehead atoms. The number of nitrogens with zero attached hydrogens (tertiary/aromatic N) is 6.